The first kappa shape index (κ1) is 14.2. The number of nitrogens with zero attached hydrogens (tertiary/aromatic N) is 2. The van der Waals surface area contributed by atoms with Crippen LogP contribution in [-0.2, 0) is 0 Å². The maximum Gasteiger partial charge on any atom is 0.586 e. The van der Waals surface area contributed by atoms with Crippen LogP contribution in [0.3, 0.4) is 0 Å². The van der Waals surface area contributed by atoms with Crippen molar-refractivity contribution in [2.75, 3.05) is 39.8 Å². The Bertz CT molecular complexity index is 557. The van der Waals surface area contributed by atoms with Crippen molar-refractivity contribution in [1.82, 2.24) is 9.80 Å². The molecule has 2 aliphatic heterocycles. The summed E-state index contributed by atoms with van der Waals surface area (Å²) in [4.78, 5) is 16.5. The molecule has 1 fully saturated rings. The summed E-state index contributed by atoms with van der Waals surface area (Å²) in [5.74, 6) is -0.497. The molecule has 2 aliphatic rings. The van der Waals surface area contributed by atoms with Crippen molar-refractivity contribution in [3.8, 4) is 11.5 Å². The number of hydrogen-bond donors (Lipinski definition) is 0. The molecule has 0 atom stereocenters. The first-order chi connectivity index (χ1) is 9.94. The number of fused-ring (bicyclic) bond motifs is 1. The highest BCUT2D eigenvalue weighted by molar-refractivity contribution is 6.01. The molecule has 0 radical (unpaired) electrons. The summed E-state index contributed by atoms with van der Waals surface area (Å²) < 4.78 is 35.0. The van der Waals surface area contributed by atoms with Crippen LogP contribution in [0.25, 0.3) is 0 Å². The second-order valence-corrected chi connectivity index (χ2v) is 5.30. The van der Waals surface area contributed by atoms with E-state index < -0.39 is 6.29 Å². The normalized spacial score (nSPS) is 21.5. The molecule has 7 heteroatoms. The van der Waals surface area contributed by atoms with Gasteiger partial charge in [0.05, 0.1) is 12.1 Å². The number of carbonyl (C=O) groups excluding carboxylic acids is 1. The average Bonchev–Trinajstić information content (AvgIpc) is 2.74. The zero-order chi connectivity index (χ0) is 15.0. The number of likely N-dealkylation sites (N-methyl/N-ethyl adjacent to an activating group) is 1. The van der Waals surface area contributed by atoms with Gasteiger partial charge in [0, 0.05) is 26.2 Å². The molecule has 21 heavy (non-hydrogen) atoms. The molecule has 0 amide bonds. The van der Waals surface area contributed by atoms with E-state index >= 15 is 0 Å². The smallest absolute Gasteiger partial charge is 0.395 e. The van der Waals surface area contributed by atoms with Gasteiger partial charge in [0.25, 0.3) is 0 Å². The number of alkyl halides is 2. The van der Waals surface area contributed by atoms with Crippen LogP contribution in [-0.4, -0.2) is 61.6 Å². The van der Waals surface area contributed by atoms with Crippen molar-refractivity contribution in [2.45, 2.75) is 6.29 Å². The van der Waals surface area contributed by atoms with Gasteiger partial charge in [-0.1, -0.05) is 6.07 Å². The molecule has 1 aromatic carbocycles. The molecule has 1 saturated heterocycles. The summed E-state index contributed by atoms with van der Waals surface area (Å²) in [6.45, 7) is 3.53. The van der Waals surface area contributed by atoms with E-state index in [0.717, 1.165) is 26.2 Å². The van der Waals surface area contributed by atoms with Crippen LogP contribution in [0.4, 0.5) is 8.78 Å². The minimum atomic E-state index is -3.70. The number of ketones is 1. The number of halogens is 2. The molecule has 0 N–H and O–H groups in total. The molecule has 0 unspecified atom stereocenters. The zero-order valence-corrected chi connectivity index (χ0v) is 11.6. The summed E-state index contributed by atoms with van der Waals surface area (Å²) in [5.41, 5.74) is 0.142. The topological polar surface area (TPSA) is 42.0 Å². The number of benzene rings is 1. The van der Waals surface area contributed by atoms with E-state index in [1.54, 1.807) is 0 Å². The summed E-state index contributed by atoms with van der Waals surface area (Å²) in [7, 11) is 2.02. The first-order valence-corrected chi connectivity index (χ1v) is 6.77. The predicted octanol–water partition coefficient (Wildman–Crippen LogP) is 1.44. The highest BCUT2D eigenvalue weighted by atomic mass is 19.3. The number of para-hydroxylation sites is 1. The van der Waals surface area contributed by atoms with Crippen molar-refractivity contribution in [2.24, 2.45) is 0 Å². The monoisotopic (exact) mass is 298 g/mol. The van der Waals surface area contributed by atoms with E-state index in [0.29, 0.717) is 0 Å². The molecular formula is C14H16F2N2O3. The summed E-state index contributed by atoms with van der Waals surface area (Å²) in [6, 6.07) is 4.37. The molecular weight excluding hydrogens is 282 g/mol. The van der Waals surface area contributed by atoms with E-state index in [9.17, 15) is 13.6 Å². The van der Waals surface area contributed by atoms with Gasteiger partial charge in [-0.05, 0) is 19.2 Å². The minimum absolute atomic E-state index is 0.0933. The lowest BCUT2D eigenvalue weighted by Crippen LogP contribution is -2.46. The molecule has 0 aliphatic carbocycles. The number of piperazine rings is 1. The molecule has 3 rings (SSSR count). The summed E-state index contributed by atoms with van der Waals surface area (Å²) >= 11 is 0. The third-order valence-corrected chi connectivity index (χ3v) is 3.69. The Balaban J connectivity index is 1.73. The zero-order valence-electron chi connectivity index (χ0n) is 11.6. The first-order valence-electron chi connectivity index (χ1n) is 6.77. The maximum absolute atomic E-state index is 13.1. The van der Waals surface area contributed by atoms with Crippen LogP contribution in [0.1, 0.15) is 10.4 Å². The van der Waals surface area contributed by atoms with E-state index in [4.69, 9.17) is 0 Å². The van der Waals surface area contributed by atoms with Gasteiger partial charge in [-0.25, -0.2) is 0 Å². The van der Waals surface area contributed by atoms with E-state index in [1.165, 1.54) is 18.2 Å². The number of ether oxygens (including phenoxy) is 2. The lowest BCUT2D eigenvalue weighted by Gasteiger charge is -2.31. The van der Waals surface area contributed by atoms with Crippen molar-refractivity contribution >= 4 is 5.78 Å². The van der Waals surface area contributed by atoms with E-state index in [2.05, 4.69) is 14.4 Å². The van der Waals surface area contributed by atoms with Crippen molar-refractivity contribution in [1.29, 1.82) is 0 Å². The molecule has 0 bridgehead atoms. The second-order valence-electron chi connectivity index (χ2n) is 5.30. The van der Waals surface area contributed by atoms with E-state index in [1.807, 2.05) is 11.9 Å². The SMILES string of the molecule is CN1CCN(CC(=O)c2cccc3c2OC(F)(F)O3)CC1. The fourth-order valence-corrected chi connectivity index (χ4v) is 2.48. The highest BCUT2D eigenvalue weighted by Crippen LogP contribution is 2.43. The summed E-state index contributed by atoms with van der Waals surface area (Å²) in [6.07, 6.45) is -3.70. The quantitative estimate of drug-likeness (QED) is 0.790. The van der Waals surface area contributed by atoms with Gasteiger partial charge in [0.1, 0.15) is 0 Å². The lowest BCUT2D eigenvalue weighted by atomic mass is 10.1. The number of Topliss-reactive ketones (excluding diaryl/α,β-unsaturated/α-hetero) is 1. The third-order valence-electron chi connectivity index (χ3n) is 3.69. The van der Waals surface area contributed by atoms with Crippen LogP contribution < -0.4 is 9.47 Å². The van der Waals surface area contributed by atoms with E-state index in [-0.39, 0.29) is 29.4 Å². The molecule has 2 heterocycles. The molecule has 0 aromatic heterocycles. The van der Waals surface area contributed by atoms with Crippen LogP contribution >= 0.6 is 0 Å². The van der Waals surface area contributed by atoms with Gasteiger partial charge in [-0.3, -0.25) is 9.69 Å². The van der Waals surface area contributed by atoms with Crippen LogP contribution in [0, 0.1) is 0 Å². The van der Waals surface area contributed by atoms with Crippen molar-refractivity contribution in [3.63, 3.8) is 0 Å². The predicted molar refractivity (Wildman–Crippen MR) is 70.9 cm³/mol. The Kier molecular flexibility index (Phi) is 3.54. The number of carbonyl (C=O) groups is 1. The van der Waals surface area contributed by atoms with Gasteiger partial charge >= 0.3 is 6.29 Å². The number of hydrogen-bond acceptors (Lipinski definition) is 5. The Morgan fingerprint density at radius 3 is 2.67 bits per heavy atom. The largest absolute Gasteiger partial charge is 0.586 e. The standard InChI is InChI=1S/C14H16F2N2O3/c1-17-5-7-18(8-6-17)9-11(19)10-3-2-4-12-13(10)21-14(15,16)20-12/h2-4H,5-9H2,1H3. The Hall–Kier alpha value is -1.73. The molecule has 114 valence electrons. The fourth-order valence-electron chi connectivity index (χ4n) is 2.48. The molecule has 5 nitrogen and oxygen atoms in total. The Morgan fingerprint density at radius 2 is 1.95 bits per heavy atom. The molecule has 0 spiro atoms. The highest BCUT2D eigenvalue weighted by Gasteiger charge is 2.45. The average molecular weight is 298 g/mol. The van der Waals surface area contributed by atoms with Gasteiger partial charge in [0.15, 0.2) is 17.3 Å². The molecule has 1 aromatic rings. The number of rotatable bonds is 3. The van der Waals surface area contributed by atoms with Gasteiger partial charge in [-0.15, -0.1) is 8.78 Å². The van der Waals surface area contributed by atoms with Crippen molar-refractivity contribution in [3.05, 3.63) is 23.8 Å². The maximum atomic E-state index is 13.1. The molecule has 0 saturated carbocycles. The fraction of sp³-hybridized carbons (Fsp3) is 0.500. The van der Waals surface area contributed by atoms with Crippen LogP contribution in [0.5, 0.6) is 11.5 Å². The van der Waals surface area contributed by atoms with Crippen LogP contribution in [0.15, 0.2) is 18.2 Å². The van der Waals surface area contributed by atoms with Gasteiger partial charge in [0.2, 0.25) is 0 Å². The second kappa shape index (κ2) is 5.23. The van der Waals surface area contributed by atoms with Gasteiger partial charge < -0.3 is 14.4 Å². The van der Waals surface area contributed by atoms with Crippen LogP contribution in [0.2, 0.25) is 0 Å². The van der Waals surface area contributed by atoms with Crippen molar-refractivity contribution < 1.29 is 23.0 Å². The Morgan fingerprint density at radius 1 is 1.24 bits per heavy atom. The minimum Gasteiger partial charge on any atom is -0.395 e. The lowest BCUT2D eigenvalue weighted by molar-refractivity contribution is -0.286. The van der Waals surface area contributed by atoms with Gasteiger partial charge in [-0.2, -0.15) is 0 Å². The third kappa shape index (κ3) is 2.98. The summed E-state index contributed by atoms with van der Waals surface area (Å²) in [5, 5.41) is 0. The Labute approximate surface area is 121 Å².